The van der Waals surface area contributed by atoms with Crippen molar-refractivity contribution in [3.05, 3.63) is 77.4 Å². The number of unbranched alkanes of at least 4 members (excludes halogenated alkanes) is 1. The number of carbonyl (C=O) groups is 1. The number of aryl methyl sites for hydroxylation is 2. The van der Waals surface area contributed by atoms with E-state index in [0.29, 0.717) is 11.4 Å². The molecule has 0 amide bonds. The summed E-state index contributed by atoms with van der Waals surface area (Å²) in [6, 6.07) is 11.5. The molecular formula is C24H25FN2O2. The Morgan fingerprint density at radius 1 is 0.931 bits per heavy atom. The van der Waals surface area contributed by atoms with Gasteiger partial charge in [0.1, 0.15) is 0 Å². The van der Waals surface area contributed by atoms with E-state index in [2.05, 4.69) is 16.9 Å². The van der Waals surface area contributed by atoms with Crippen LogP contribution >= 0.6 is 0 Å². The number of halogens is 1. The Labute approximate surface area is 170 Å². The Kier molecular flexibility index (Phi) is 7.06. The van der Waals surface area contributed by atoms with E-state index < -0.39 is 11.8 Å². The zero-order chi connectivity index (χ0) is 20.6. The minimum atomic E-state index is -0.602. The third-order valence-corrected chi connectivity index (χ3v) is 4.64. The molecule has 1 heterocycles. The monoisotopic (exact) mass is 392 g/mol. The molecule has 150 valence electrons. The molecule has 0 spiro atoms. The Morgan fingerprint density at radius 3 is 2.28 bits per heavy atom. The van der Waals surface area contributed by atoms with Crippen molar-refractivity contribution in [1.82, 2.24) is 9.97 Å². The van der Waals surface area contributed by atoms with Gasteiger partial charge in [0.25, 0.3) is 0 Å². The molecule has 0 fully saturated rings. The summed E-state index contributed by atoms with van der Waals surface area (Å²) in [4.78, 5) is 21.2. The fourth-order valence-electron chi connectivity index (χ4n) is 3.00. The average Bonchev–Trinajstić information content (AvgIpc) is 2.75. The van der Waals surface area contributed by atoms with E-state index in [-0.39, 0.29) is 5.75 Å². The van der Waals surface area contributed by atoms with Crippen LogP contribution in [-0.4, -0.2) is 15.9 Å². The second kappa shape index (κ2) is 9.92. The van der Waals surface area contributed by atoms with Gasteiger partial charge in [-0.2, -0.15) is 0 Å². The molecule has 0 saturated carbocycles. The number of benzene rings is 2. The van der Waals surface area contributed by atoms with Crippen molar-refractivity contribution in [3.8, 4) is 17.1 Å². The molecule has 0 saturated heterocycles. The minimum Gasteiger partial charge on any atom is -0.420 e. The van der Waals surface area contributed by atoms with Gasteiger partial charge < -0.3 is 4.74 Å². The Balaban J connectivity index is 1.67. The molecule has 0 unspecified atom stereocenters. The lowest BCUT2D eigenvalue weighted by Gasteiger charge is -2.08. The normalized spacial score (nSPS) is 10.7. The summed E-state index contributed by atoms with van der Waals surface area (Å²) in [6.45, 7) is 4.18. The molecular weight excluding hydrogens is 367 g/mol. The summed E-state index contributed by atoms with van der Waals surface area (Å²) in [5.41, 5.74) is 3.14. The fourth-order valence-corrected chi connectivity index (χ4v) is 3.00. The maximum atomic E-state index is 14.2. The Hall–Kier alpha value is -3.08. The van der Waals surface area contributed by atoms with Gasteiger partial charge >= 0.3 is 5.97 Å². The number of esters is 1. The van der Waals surface area contributed by atoms with E-state index in [1.807, 2.05) is 19.3 Å². The van der Waals surface area contributed by atoms with Crippen molar-refractivity contribution >= 4 is 5.97 Å². The van der Waals surface area contributed by atoms with E-state index in [1.54, 1.807) is 30.3 Å². The maximum Gasteiger partial charge on any atom is 0.343 e. The smallest absolute Gasteiger partial charge is 0.343 e. The summed E-state index contributed by atoms with van der Waals surface area (Å²) in [5.74, 6) is -0.598. The molecule has 4 nitrogen and oxygen atoms in total. The van der Waals surface area contributed by atoms with Gasteiger partial charge in [-0.05, 0) is 54.7 Å². The molecule has 0 atom stereocenters. The standard InChI is InChI=1S/C24H25FN2O2/c1-3-5-7-18-15-26-23(27-16-18)19-9-11-20(12-10-19)24(28)29-22-13-8-17(6-4-2)14-21(22)25/h8-16H,3-7H2,1-2H3. The third-order valence-electron chi connectivity index (χ3n) is 4.64. The molecule has 3 aromatic rings. The van der Waals surface area contributed by atoms with Gasteiger partial charge in [0.15, 0.2) is 17.4 Å². The highest BCUT2D eigenvalue weighted by Gasteiger charge is 2.13. The first-order valence-electron chi connectivity index (χ1n) is 10.0. The van der Waals surface area contributed by atoms with Crippen molar-refractivity contribution < 1.29 is 13.9 Å². The molecule has 1 aromatic heterocycles. The van der Waals surface area contributed by atoms with Crippen LogP contribution in [0.1, 0.15) is 54.6 Å². The van der Waals surface area contributed by atoms with Crippen molar-refractivity contribution in [3.63, 3.8) is 0 Å². The topological polar surface area (TPSA) is 52.1 Å². The van der Waals surface area contributed by atoms with Gasteiger partial charge in [-0.15, -0.1) is 0 Å². The largest absolute Gasteiger partial charge is 0.420 e. The molecule has 0 radical (unpaired) electrons. The molecule has 2 aromatic carbocycles. The zero-order valence-electron chi connectivity index (χ0n) is 16.8. The van der Waals surface area contributed by atoms with Gasteiger partial charge in [-0.3, -0.25) is 0 Å². The number of carbonyl (C=O) groups excluding carboxylic acids is 1. The van der Waals surface area contributed by atoms with Gasteiger partial charge in [-0.1, -0.05) is 44.9 Å². The maximum absolute atomic E-state index is 14.2. The molecule has 29 heavy (non-hydrogen) atoms. The third kappa shape index (κ3) is 5.47. The van der Waals surface area contributed by atoms with Crippen LogP contribution < -0.4 is 4.74 Å². The van der Waals surface area contributed by atoms with E-state index in [4.69, 9.17) is 4.74 Å². The van der Waals surface area contributed by atoms with Crippen LogP contribution in [0.3, 0.4) is 0 Å². The summed E-state index contributed by atoms with van der Waals surface area (Å²) >= 11 is 0. The van der Waals surface area contributed by atoms with Gasteiger partial charge in [0, 0.05) is 18.0 Å². The van der Waals surface area contributed by atoms with Crippen molar-refractivity contribution in [2.75, 3.05) is 0 Å². The molecule has 3 rings (SSSR count). The summed E-state index contributed by atoms with van der Waals surface area (Å²) in [6.07, 6.45) is 8.60. The lowest BCUT2D eigenvalue weighted by atomic mass is 10.1. The van der Waals surface area contributed by atoms with E-state index in [1.165, 1.54) is 12.1 Å². The van der Waals surface area contributed by atoms with Crippen LogP contribution in [0.25, 0.3) is 11.4 Å². The number of hydrogen-bond donors (Lipinski definition) is 0. The molecule has 5 heteroatoms. The summed E-state index contributed by atoms with van der Waals surface area (Å²) in [7, 11) is 0. The van der Waals surface area contributed by atoms with Crippen LogP contribution in [0.15, 0.2) is 54.9 Å². The van der Waals surface area contributed by atoms with Crippen LogP contribution in [0.4, 0.5) is 4.39 Å². The highest BCUT2D eigenvalue weighted by atomic mass is 19.1. The Morgan fingerprint density at radius 2 is 1.66 bits per heavy atom. The molecule has 0 aliphatic rings. The van der Waals surface area contributed by atoms with Crippen LogP contribution in [0, 0.1) is 5.82 Å². The van der Waals surface area contributed by atoms with Crippen molar-refractivity contribution in [1.29, 1.82) is 0 Å². The van der Waals surface area contributed by atoms with Crippen molar-refractivity contribution in [2.24, 2.45) is 0 Å². The highest BCUT2D eigenvalue weighted by molar-refractivity contribution is 5.91. The molecule has 0 bridgehead atoms. The van der Waals surface area contributed by atoms with E-state index >= 15 is 0 Å². The average molecular weight is 392 g/mol. The Bertz CT molecular complexity index is 954. The van der Waals surface area contributed by atoms with Crippen LogP contribution in [-0.2, 0) is 12.8 Å². The minimum absolute atomic E-state index is 0.0649. The first-order valence-corrected chi connectivity index (χ1v) is 10.0. The molecule has 0 aliphatic carbocycles. The predicted molar refractivity (Wildman–Crippen MR) is 111 cm³/mol. The van der Waals surface area contributed by atoms with Gasteiger partial charge in [0.2, 0.25) is 0 Å². The quantitative estimate of drug-likeness (QED) is 0.359. The molecule has 0 N–H and O–H groups in total. The number of ether oxygens (including phenoxy) is 1. The number of nitrogens with zero attached hydrogens (tertiary/aromatic N) is 2. The van der Waals surface area contributed by atoms with Crippen molar-refractivity contribution in [2.45, 2.75) is 46.0 Å². The first-order chi connectivity index (χ1) is 14.1. The summed E-state index contributed by atoms with van der Waals surface area (Å²) < 4.78 is 19.4. The second-order valence-corrected chi connectivity index (χ2v) is 7.00. The second-order valence-electron chi connectivity index (χ2n) is 7.00. The lowest BCUT2D eigenvalue weighted by molar-refractivity contribution is 0.0728. The van der Waals surface area contributed by atoms with Gasteiger partial charge in [-0.25, -0.2) is 19.2 Å². The first kappa shape index (κ1) is 20.6. The molecule has 0 aliphatic heterocycles. The zero-order valence-corrected chi connectivity index (χ0v) is 16.8. The SMILES string of the molecule is CCCCc1cnc(-c2ccc(C(=O)Oc3ccc(CCC)cc3F)cc2)nc1. The van der Waals surface area contributed by atoms with E-state index in [0.717, 1.165) is 48.8 Å². The van der Waals surface area contributed by atoms with Crippen LogP contribution in [0.5, 0.6) is 5.75 Å². The number of aromatic nitrogens is 2. The summed E-state index contributed by atoms with van der Waals surface area (Å²) in [5, 5.41) is 0. The van der Waals surface area contributed by atoms with Gasteiger partial charge in [0.05, 0.1) is 5.56 Å². The highest BCUT2D eigenvalue weighted by Crippen LogP contribution is 2.21. The predicted octanol–water partition coefficient (Wildman–Crippen LogP) is 5.80. The fraction of sp³-hybridized carbons (Fsp3) is 0.292. The lowest BCUT2D eigenvalue weighted by Crippen LogP contribution is -2.09. The number of hydrogen-bond acceptors (Lipinski definition) is 4. The van der Waals surface area contributed by atoms with Crippen LogP contribution in [0.2, 0.25) is 0 Å². The van der Waals surface area contributed by atoms with E-state index in [9.17, 15) is 9.18 Å². The number of rotatable bonds is 8.